The molecule has 0 bridgehead atoms. The number of carbonyl (C=O) groups is 3. The third-order valence-corrected chi connectivity index (χ3v) is 3.21. The molecule has 3 amide bonds. The molecule has 26 heavy (non-hydrogen) atoms. The van der Waals surface area contributed by atoms with Crippen molar-refractivity contribution in [1.82, 2.24) is 16.0 Å². The zero-order valence-corrected chi connectivity index (χ0v) is 16.3. The summed E-state index contributed by atoms with van der Waals surface area (Å²) in [5.74, 6) is -0.915. The van der Waals surface area contributed by atoms with Gasteiger partial charge in [0.15, 0.2) is 6.10 Å². The Labute approximate surface area is 154 Å². The fourth-order valence-electron chi connectivity index (χ4n) is 2.01. The average Bonchev–Trinajstić information content (AvgIpc) is 2.51. The summed E-state index contributed by atoms with van der Waals surface area (Å²) in [5, 5.41) is 8.22. The Kier molecular flexibility index (Phi) is 7.61. The van der Waals surface area contributed by atoms with Crippen molar-refractivity contribution < 1.29 is 19.1 Å². The minimum atomic E-state index is -0.886. The monoisotopic (exact) mass is 363 g/mol. The lowest BCUT2D eigenvalue weighted by atomic mass is 10.1. The van der Waals surface area contributed by atoms with Crippen molar-refractivity contribution >= 4 is 17.9 Å². The maximum Gasteiger partial charge on any atom is 0.338 e. The lowest BCUT2D eigenvalue weighted by molar-refractivity contribution is -0.130. The first-order valence-electron chi connectivity index (χ1n) is 8.64. The van der Waals surface area contributed by atoms with Gasteiger partial charge in [-0.1, -0.05) is 12.1 Å². The first-order chi connectivity index (χ1) is 12.0. The van der Waals surface area contributed by atoms with Gasteiger partial charge in [-0.3, -0.25) is 4.79 Å². The Morgan fingerprint density at radius 3 is 2.12 bits per heavy atom. The number of carbonyl (C=O) groups excluding carboxylic acids is 3. The quantitative estimate of drug-likeness (QED) is 0.676. The molecule has 0 heterocycles. The molecule has 3 N–H and O–H groups in total. The van der Waals surface area contributed by atoms with Gasteiger partial charge in [0.05, 0.1) is 5.56 Å². The molecule has 0 aliphatic rings. The van der Waals surface area contributed by atoms with E-state index in [-0.39, 0.29) is 18.0 Å². The highest BCUT2D eigenvalue weighted by atomic mass is 16.5. The van der Waals surface area contributed by atoms with E-state index in [1.807, 2.05) is 34.6 Å². The van der Waals surface area contributed by atoms with Crippen LogP contribution in [0, 0.1) is 0 Å². The van der Waals surface area contributed by atoms with Crippen LogP contribution in [0.3, 0.4) is 0 Å². The van der Waals surface area contributed by atoms with Crippen LogP contribution in [0.4, 0.5) is 4.79 Å². The predicted octanol–water partition coefficient (Wildman–Crippen LogP) is 2.35. The number of amides is 3. The minimum absolute atomic E-state index is 0.0598. The molecular formula is C19H29N3O4. The number of urea groups is 1. The van der Waals surface area contributed by atoms with Crippen molar-refractivity contribution in [1.29, 1.82) is 0 Å². The van der Waals surface area contributed by atoms with Crippen LogP contribution in [0.1, 0.15) is 57.5 Å². The summed E-state index contributed by atoms with van der Waals surface area (Å²) in [5.41, 5.74) is 0.795. The second-order valence-corrected chi connectivity index (χ2v) is 7.47. The Morgan fingerprint density at radius 1 is 1.04 bits per heavy atom. The number of ether oxygens (including phenoxy) is 1. The topological polar surface area (TPSA) is 96.5 Å². The van der Waals surface area contributed by atoms with E-state index < -0.39 is 17.6 Å². The second kappa shape index (κ2) is 9.22. The Hall–Kier alpha value is -2.57. The highest BCUT2D eigenvalue weighted by Crippen LogP contribution is 2.09. The fourth-order valence-corrected chi connectivity index (χ4v) is 2.01. The van der Waals surface area contributed by atoms with Gasteiger partial charge in [0.25, 0.3) is 5.91 Å². The summed E-state index contributed by atoms with van der Waals surface area (Å²) >= 11 is 0. The fraction of sp³-hybridized carbons (Fsp3) is 0.526. The number of esters is 1. The molecule has 144 valence electrons. The molecule has 1 unspecified atom stereocenters. The number of hydrogen-bond donors (Lipinski definition) is 3. The molecule has 0 aromatic heterocycles. The summed E-state index contributed by atoms with van der Waals surface area (Å²) in [6, 6.07) is 6.48. The largest absolute Gasteiger partial charge is 0.449 e. The van der Waals surface area contributed by atoms with Gasteiger partial charge >= 0.3 is 12.0 Å². The predicted molar refractivity (Wildman–Crippen MR) is 99.7 cm³/mol. The van der Waals surface area contributed by atoms with Crippen molar-refractivity contribution in [2.45, 2.75) is 65.8 Å². The molecule has 1 aromatic rings. The van der Waals surface area contributed by atoms with Gasteiger partial charge in [-0.2, -0.15) is 0 Å². The first kappa shape index (κ1) is 21.5. The number of benzene rings is 1. The number of hydrogen-bond acceptors (Lipinski definition) is 4. The number of rotatable bonds is 6. The van der Waals surface area contributed by atoms with Gasteiger partial charge < -0.3 is 20.7 Å². The van der Waals surface area contributed by atoms with Crippen molar-refractivity contribution in [2.75, 3.05) is 0 Å². The third-order valence-electron chi connectivity index (χ3n) is 3.21. The molecule has 1 aromatic carbocycles. The zero-order valence-electron chi connectivity index (χ0n) is 16.3. The summed E-state index contributed by atoms with van der Waals surface area (Å²) in [6.07, 6.45) is -0.886. The summed E-state index contributed by atoms with van der Waals surface area (Å²) < 4.78 is 5.20. The van der Waals surface area contributed by atoms with Gasteiger partial charge in [0.2, 0.25) is 0 Å². The molecular weight excluding hydrogens is 334 g/mol. The number of nitrogens with one attached hydrogen (secondary N) is 3. The Bertz CT molecular complexity index is 633. The van der Waals surface area contributed by atoms with Gasteiger partial charge in [-0.25, -0.2) is 9.59 Å². The van der Waals surface area contributed by atoms with E-state index in [1.165, 1.54) is 6.92 Å². The van der Waals surface area contributed by atoms with Crippen LogP contribution < -0.4 is 16.0 Å². The molecule has 1 rings (SSSR count). The van der Waals surface area contributed by atoms with Crippen LogP contribution in [0.2, 0.25) is 0 Å². The molecule has 0 aliphatic carbocycles. The van der Waals surface area contributed by atoms with Gasteiger partial charge in [0.1, 0.15) is 0 Å². The Morgan fingerprint density at radius 2 is 1.62 bits per heavy atom. The molecule has 0 spiro atoms. The van der Waals surface area contributed by atoms with Crippen LogP contribution in [-0.4, -0.2) is 35.6 Å². The summed E-state index contributed by atoms with van der Waals surface area (Å²) in [7, 11) is 0. The molecule has 0 radical (unpaired) electrons. The van der Waals surface area contributed by atoms with Crippen molar-refractivity contribution in [3.8, 4) is 0 Å². The zero-order chi connectivity index (χ0) is 19.9. The maximum atomic E-state index is 12.1. The van der Waals surface area contributed by atoms with Gasteiger partial charge in [-0.15, -0.1) is 0 Å². The molecule has 0 saturated carbocycles. The van der Waals surface area contributed by atoms with Crippen LogP contribution in [-0.2, 0) is 16.1 Å². The second-order valence-electron chi connectivity index (χ2n) is 7.47. The van der Waals surface area contributed by atoms with E-state index in [0.717, 1.165) is 5.56 Å². The van der Waals surface area contributed by atoms with E-state index in [1.54, 1.807) is 24.3 Å². The maximum absolute atomic E-state index is 12.1. The SMILES string of the molecule is CC(C)NC(=O)NCc1ccc(C(=O)OC(C)C(=O)NC(C)(C)C)cc1. The van der Waals surface area contributed by atoms with Crippen LogP contribution in [0.25, 0.3) is 0 Å². The van der Waals surface area contributed by atoms with Gasteiger partial charge in [0, 0.05) is 18.1 Å². The minimum Gasteiger partial charge on any atom is -0.449 e. The molecule has 1 atom stereocenters. The summed E-state index contributed by atoms with van der Waals surface area (Å²) in [6.45, 7) is 11.2. The van der Waals surface area contributed by atoms with E-state index in [9.17, 15) is 14.4 Å². The third kappa shape index (κ3) is 8.00. The smallest absolute Gasteiger partial charge is 0.338 e. The molecule has 7 nitrogen and oxygen atoms in total. The molecule has 0 aliphatic heterocycles. The first-order valence-corrected chi connectivity index (χ1v) is 8.64. The normalized spacial score (nSPS) is 12.3. The van der Waals surface area contributed by atoms with E-state index >= 15 is 0 Å². The summed E-state index contributed by atoms with van der Waals surface area (Å²) in [4.78, 5) is 35.7. The van der Waals surface area contributed by atoms with Crippen molar-refractivity contribution in [3.05, 3.63) is 35.4 Å². The lowest BCUT2D eigenvalue weighted by Gasteiger charge is -2.23. The Balaban J connectivity index is 2.55. The van der Waals surface area contributed by atoms with Crippen molar-refractivity contribution in [2.24, 2.45) is 0 Å². The highest BCUT2D eigenvalue weighted by Gasteiger charge is 2.22. The standard InChI is InChI=1S/C19H29N3O4/c1-12(2)21-18(25)20-11-14-7-9-15(10-8-14)17(24)26-13(3)16(23)22-19(4,5)6/h7-10,12-13H,11H2,1-6H3,(H,22,23)(H2,20,21,25). The highest BCUT2D eigenvalue weighted by molar-refractivity contribution is 5.92. The van der Waals surface area contributed by atoms with Crippen LogP contribution in [0.5, 0.6) is 0 Å². The lowest BCUT2D eigenvalue weighted by Crippen LogP contribution is -2.46. The van der Waals surface area contributed by atoms with E-state index in [2.05, 4.69) is 16.0 Å². The molecule has 0 saturated heterocycles. The molecule has 0 fully saturated rings. The average molecular weight is 363 g/mol. The van der Waals surface area contributed by atoms with Crippen LogP contribution in [0.15, 0.2) is 24.3 Å². The van der Waals surface area contributed by atoms with E-state index in [4.69, 9.17) is 4.74 Å². The molecule has 7 heteroatoms. The van der Waals surface area contributed by atoms with Crippen molar-refractivity contribution in [3.63, 3.8) is 0 Å². The van der Waals surface area contributed by atoms with Gasteiger partial charge in [-0.05, 0) is 59.2 Å². The van der Waals surface area contributed by atoms with E-state index in [0.29, 0.717) is 12.1 Å². The van der Waals surface area contributed by atoms with Crippen LogP contribution >= 0.6 is 0 Å².